The molecule has 0 saturated heterocycles. The number of aryl methyl sites for hydroxylation is 1. The Balaban J connectivity index is 0.000000305. The number of aromatic nitrogens is 4. The summed E-state index contributed by atoms with van der Waals surface area (Å²) < 4.78 is 1.67. The molecule has 0 radical (unpaired) electrons. The maximum atomic E-state index is 11.8. The molecule has 0 unspecified atom stereocenters. The summed E-state index contributed by atoms with van der Waals surface area (Å²) in [4.78, 5) is 18.0. The molecule has 2 aromatic heterocycles. The van der Waals surface area contributed by atoms with Gasteiger partial charge < -0.3 is 21.6 Å². The van der Waals surface area contributed by atoms with Gasteiger partial charge in [0.25, 0.3) is 5.56 Å². The number of hydrogen-bond donors (Lipinski definition) is 4. The van der Waals surface area contributed by atoms with Crippen molar-refractivity contribution in [2.24, 2.45) is 18.7 Å². The van der Waals surface area contributed by atoms with Gasteiger partial charge in [0.15, 0.2) is 0 Å². The molecule has 170 valence electrons. The highest BCUT2D eigenvalue weighted by Crippen LogP contribution is 2.29. The van der Waals surface area contributed by atoms with Crippen molar-refractivity contribution in [3.05, 3.63) is 58.4 Å². The average Bonchev–Trinajstić information content (AvgIpc) is 3.05. The van der Waals surface area contributed by atoms with Crippen LogP contribution in [0.1, 0.15) is 56.6 Å². The third-order valence-electron chi connectivity index (χ3n) is 5.71. The highest BCUT2D eigenvalue weighted by molar-refractivity contribution is 5.85. The summed E-state index contributed by atoms with van der Waals surface area (Å²) in [6.07, 6.45) is 15.1. The van der Waals surface area contributed by atoms with Gasteiger partial charge in [-0.3, -0.25) is 9.48 Å². The van der Waals surface area contributed by atoms with Crippen LogP contribution in [0.2, 0.25) is 0 Å². The Morgan fingerprint density at radius 1 is 1.22 bits per heavy atom. The van der Waals surface area contributed by atoms with Gasteiger partial charge in [-0.05, 0) is 29.7 Å². The molecular weight excluding hydrogens is 404 g/mol. The fraction of sp³-hybridized carbons (Fsp3) is 0.375. The Hall–Kier alpha value is -3.55. The largest absolute Gasteiger partial charge is 0.507 e. The number of phenolic OH excluding ortho intramolecular Hbond substituents is 1. The van der Waals surface area contributed by atoms with Crippen molar-refractivity contribution in [2.45, 2.75) is 45.4 Å². The number of benzene rings is 1. The summed E-state index contributed by atoms with van der Waals surface area (Å²) in [5, 5.41) is 14.4. The van der Waals surface area contributed by atoms with E-state index in [1.807, 2.05) is 19.3 Å². The minimum atomic E-state index is -0.406. The van der Waals surface area contributed by atoms with Crippen molar-refractivity contribution in [1.82, 2.24) is 19.7 Å². The Kier molecular flexibility index (Phi) is 7.70. The first-order valence-corrected chi connectivity index (χ1v) is 11.0. The van der Waals surface area contributed by atoms with E-state index < -0.39 is 5.56 Å². The minimum absolute atomic E-state index is 0.0102. The van der Waals surface area contributed by atoms with Gasteiger partial charge in [0, 0.05) is 30.1 Å². The lowest BCUT2D eigenvalue weighted by Gasteiger charge is -2.07. The fourth-order valence-electron chi connectivity index (χ4n) is 3.81. The Bertz CT molecular complexity index is 1120. The number of aromatic hydroxyl groups is 1. The van der Waals surface area contributed by atoms with Gasteiger partial charge in [-0.15, -0.1) is 0 Å². The molecule has 1 fully saturated rings. The number of phenols is 1. The number of aromatic amines is 1. The number of nitrogens with two attached hydrogens (primary N) is 2. The minimum Gasteiger partial charge on any atom is -0.507 e. The second-order valence-corrected chi connectivity index (χ2v) is 8.36. The number of H-pyrrole nitrogens is 1. The van der Waals surface area contributed by atoms with Gasteiger partial charge in [-0.25, -0.2) is 4.98 Å². The smallest absolute Gasteiger partial charge is 0.260 e. The van der Waals surface area contributed by atoms with E-state index in [9.17, 15) is 9.90 Å². The number of nitrogens with one attached hydrogen (secondary N) is 1. The summed E-state index contributed by atoms with van der Waals surface area (Å²) in [7, 11) is 1.81. The molecule has 0 spiro atoms. The molecule has 0 amide bonds. The van der Waals surface area contributed by atoms with E-state index in [0.717, 1.165) is 17.0 Å². The van der Waals surface area contributed by atoms with Crippen molar-refractivity contribution in [3.8, 4) is 16.9 Å². The number of rotatable bonds is 3. The van der Waals surface area contributed by atoms with E-state index >= 15 is 0 Å². The van der Waals surface area contributed by atoms with Gasteiger partial charge in [0.1, 0.15) is 11.6 Å². The van der Waals surface area contributed by atoms with Crippen molar-refractivity contribution >= 4 is 17.6 Å². The van der Waals surface area contributed by atoms with Crippen LogP contribution >= 0.6 is 0 Å². The normalized spacial score (nSPS) is 15.0. The molecule has 6 N–H and O–H groups in total. The molecule has 1 aromatic carbocycles. The predicted molar refractivity (Wildman–Crippen MR) is 129 cm³/mol. The molecule has 3 aromatic rings. The molecule has 8 nitrogen and oxygen atoms in total. The van der Waals surface area contributed by atoms with Crippen LogP contribution in [0.4, 0.5) is 5.82 Å². The highest BCUT2D eigenvalue weighted by atomic mass is 16.3. The van der Waals surface area contributed by atoms with Gasteiger partial charge in [0.2, 0.25) is 0 Å². The number of nitrogens with zero attached hydrogens (tertiary/aromatic N) is 3. The third kappa shape index (κ3) is 6.00. The zero-order valence-electron chi connectivity index (χ0n) is 18.7. The van der Waals surface area contributed by atoms with Crippen LogP contribution in [0.25, 0.3) is 22.9 Å². The van der Waals surface area contributed by atoms with E-state index in [1.54, 1.807) is 23.0 Å². The van der Waals surface area contributed by atoms with E-state index in [-0.39, 0.29) is 22.8 Å². The van der Waals surface area contributed by atoms with Crippen LogP contribution in [-0.2, 0) is 7.05 Å². The molecule has 4 rings (SSSR count). The maximum absolute atomic E-state index is 11.8. The molecule has 1 aliphatic carbocycles. The standard InChI is InChI=1S/C16H16N6O2.C8H16/c1-22-7-10(6-21-22)9-2-3-11(14(23)4-9)13(17)5-12-15(18)19-8-20-16(12)24;1-8-6-4-2-3-5-7-8/h2-8,23H,17H2,1H3,(H3,18,19,20,24);8H,2-7H2,1H3/b13-5-;. The summed E-state index contributed by atoms with van der Waals surface area (Å²) in [5.74, 6) is 1.08. The lowest BCUT2D eigenvalue weighted by Crippen LogP contribution is -2.14. The lowest BCUT2D eigenvalue weighted by molar-refractivity contribution is 0.474. The van der Waals surface area contributed by atoms with E-state index in [2.05, 4.69) is 22.0 Å². The first kappa shape index (κ1) is 23.1. The first-order chi connectivity index (χ1) is 15.3. The monoisotopic (exact) mass is 436 g/mol. The molecular formula is C24H32N6O2. The average molecular weight is 437 g/mol. The topological polar surface area (TPSA) is 136 Å². The molecule has 8 heteroatoms. The highest BCUT2D eigenvalue weighted by Gasteiger charge is 2.10. The van der Waals surface area contributed by atoms with Crippen LogP contribution < -0.4 is 17.0 Å². The van der Waals surface area contributed by atoms with E-state index in [0.29, 0.717) is 5.56 Å². The zero-order chi connectivity index (χ0) is 23.1. The molecule has 0 bridgehead atoms. The van der Waals surface area contributed by atoms with Crippen molar-refractivity contribution in [1.29, 1.82) is 0 Å². The Morgan fingerprint density at radius 3 is 2.53 bits per heavy atom. The maximum Gasteiger partial charge on any atom is 0.260 e. The van der Waals surface area contributed by atoms with Gasteiger partial charge >= 0.3 is 0 Å². The molecule has 0 aliphatic heterocycles. The summed E-state index contributed by atoms with van der Waals surface area (Å²) in [5.41, 5.74) is 13.7. The second kappa shape index (κ2) is 10.7. The van der Waals surface area contributed by atoms with Gasteiger partial charge in [0.05, 0.1) is 18.1 Å². The number of hydrogen-bond acceptors (Lipinski definition) is 6. The third-order valence-corrected chi connectivity index (χ3v) is 5.71. The van der Waals surface area contributed by atoms with Crippen molar-refractivity contribution in [2.75, 3.05) is 5.73 Å². The second-order valence-electron chi connectivity index (χ2n) is 8.36. The predicted octanol–water partition coefficient (Wildman–Crippen LogP) is 3.89. The molecule has 1 aliphatic rings. The SMILES string of the molecule is CC1CCCCCC1.Cn1cc(-c2ccc(/C(N)=C/c3c(N)nc[nH]c3=O)c(O)c2)cn1. The van der Waals surface area contributed by atoms with Crippen molar-refractivity contribution in [3.63, 3.8) is 0 Å². The summed E-state index contributed by atoms with van der Waals surface area (Å²) in [6, 6.07) is 5.07. The summed E-state index contributed by atoms with van der Waals surface area (Å²) >= 11 is 0. The van der Waals surface area contributed by atoms with Crippen LogP contribution in [-0.4, -0.2) is 24.9 Å². The fourth-order valence-corrected chi connectivity index (χ4v) is 3.81. The quantitative estimate of drug-likeness (QED) is 0.460. The molecule has 2 heterocycles. The molecule has 0 atom stereocenters. The molecule has 32 heavy (non-hydrogen) atoms. The number of nitrogen functional groups attached to an aromatic ring is 1. The van der Waals surface area contributed by atoms with Gasteiger partial charge in [-0.1, -0.05) is 51.5 Å². The number of anilines is 1. The Labute approximate surface area is 188 Å². The first-order valence-electron chi connectivity index (χ1n) is 11.0. The summed E-state index contributed by atoms with van der Waals surface area (Å²) in [6.45, 7) is 2.38. The van der Waals surface area contributed by atoms with Crippen LogP contribution in [0.15, 0.2) is 41.7 Å². The van der Waals surface area contributed by atoms with Crippen molar-refractivity contribution < 1.29 is 5.11 Å². The Morgan fingerprint density at radius 2 is 1.94 bits per heavy atom. The van der Waals surface area contributed by atoms with Crippen LogP contribution in [0, 0.1) is 5.92 Å². The van der Waals surface area contributed by atoms with Crippen LogP contribution in [0.3, 0.4) is 0 Å². The van der Waals surface area contributed by atoms with E-state index in [1.165, 1.54) is 50.9 Å². The van der Waals surface area contributed by atoms with Crippen LogP contribution in [0.5, 0.6) is 5.75 Å². The zero-order valence-corrected chi connectivity index (χ0v) is 18.7. The molecule has 1 saturated carbocycles. The lowest BCUT2D eigenvalue weighted by atomic mass is 10.0. The van der Waals surface area contributed by atoms with E-state index in [4.69, 9.17) is 11.5 Å². The van der Waals surface area contributed by atoms with Gasteiger partial charge in [-0.2, -0.15) is 5.10 Å².